The summed E-state index contributed by atoms with van der Waals surface area (Å²) in [5.41, 5.74) is -1.10. The van der Waals surface area contributed by atoms with Crippen molar-refractivity contribution in [3.05, 3.63) is 35.7 Å². The van der Waals surface area contributed by atoms with Crippen molar-refractivity contribution in [2.24, 2.45) is 11.3 Å². The van der Waals surface area contributed by atoms with E-state index in [-0.39, 0.29) is 17.3 Å². The predicted octanol–water partition coefficient (Wildman–Crippen LogP) is 1.44. The molecule has 0 aromatic carbocycles. The summed E-state index contributed by atoms with van der Waals surface area (Å²) < 4.78 is 0. The van der Waals surface area contributed by atoms with E-state index in [1.165, 1.54) is 0 Å². The summed E-state index contributed by atoms with van der Waals surface area (Å²) in [6.45, 7) is 1.94. The molecule has 1 aromatic rings. The van der Waals surface area contributed by atoms with E-state index in [0.29, 0.717) is 19.0 Å². The van der Waals surface area contributed by atoms with Crippen molar-refractivity contribution in [1.82, 2.24) is 9.97 Å². The molecule has 1 N–H and O–H groups in total. The molecule has 2 aliphatic rings. The number of allylic oxidation sites excluding steroid dienone is 2. The summed E-state index contributed by atoms with van der Waals surface area (Å²) in [6, 6.07) is 0. The molecule has 23 heavy (non-hydrogen) atoms. The average Bonchev–Trinajstić information content (AvgIpc) is 3.06. The number of rotatable bonds is 5. The molecule has 3 rings (SSSR count). The fourth-order valence-electron chi connectivity index (χ4n) is 3.26. The minimum absolute atomic E-state index is 0.0545. The zero-order chi connectivity index (χ0) is 16.6. The van der Waals surface area contributed by atoms with Crippen LogP contribution in [0.15, 0.2) is 24.3 Å². The Morgan fingerprint density at radius 3 is 2.70 bits per heavy atom. The van der Waals surface area contributed by atoms with Crippen LogP contribution in [0, 0.1) is 11.3 Å². The number of anilines is 1. The summed E-state index contributed by atoms with van der Waals surface area (Å²) in [5, 5.41) is 0. The van der Waals surface area contributed by atoms with E-state index in [9.17, 15) is 19.2 Å². The van der Waals surface area contributed by atoms with Crippen LogP contribution in [0.25, 0.3) is 0 Å². The van der Waals surface area contributed by atoms with Crippen LogP contribution in [0.2, 0.25) is 0 Å². The van der Waals surface area contributed by atoms with Gasteiger partial charge in [-0.1, -0.05) is 37.6 Å². The average molecular weight is 313 g/mol. The third-order valence-corrected chi connectivity index (χ3v) is 4.30. The molecular formula is C16H15N3O4. The van der Waals surface area contributed by atoms with Gasteiger partial charge in [0.2, 0.25) is 17.8 Å². The van der Waals surface area contributed by atoms with E-state index >= 15 is 0 Å². The van der Waals surface area contributed by atoms with Crippen molar-refractivity contribution >= 4 is 30.3 Å². The lowest BCUT2D eigenvalue weighted by Gasteiger charge is -2.27. The van der Waals surface area contributed by atoms with Crippen LogP contribution in [0.3, 0.4) is 0 Å². The third kappa shape index (κ3) is 2.00. The minimum atomic E-state index is -0.921. The van der Waals surface area contributed by atoms with Gasteiger partial charge in [-0.25, -0.2) is 9.88 Å². The van der Waals surface area contributed by atoms with Gasteiger partial charge in [0.15, 0.2) is 12.6 Å². The molecule has 2 heterocycles. The number of aromatic nitrogens is 2. The Bertz CT molecular complexity index is 736. The van der Waals surface area contributed by atoms with Crippen LogP contribution in [-0.2, 0) is 9.59 Å². The number of nitrogens with one attached hydrogen (secondary N) is 1. The van der Waals surface area contributed by atoms with Crippen LogP contribution in [0.4, 0.5) is 5.95 Å². The third-order valence-electron chi connectivity index (χ3n) is 4.30. The molecule has 118 valence electrons. The summed E-state index contributed by atoms with van der Waals surface area (Å²) in [5.74, 6) is -1.48. The van der Waals surface area contributed by atoms with Gasteiger partial charge in [-0.15, -0.1) is 0 Å². The molecule has 7 heteroatoms. The van der Waals surface area contributed by atoms with E-state index in [1.54, 1.807) is 24.3 Å². The van der Waals surface area contributed by atoms with Crippen LogP contribution in [-0.4, -0.2) is 34.4 Å². The quantitative estimate of drug-likeness (QED) is 0.655. The number of amides is 2. The number of hydrogen-bond acceptors (Lipinski definition) is 5. The number of aromatic amines is 1. The highest BCUT2D eigenvalue weighted by Crippen LogP contribution is 2.46. The standard InChI is InChI=1S/C16H15N3O4/c1-2-6-16-7-4-3-5-10(16)13(22)19(14(16)23)15-17-11(8-20)12(9-21)18-15/h3-5,7-10H,2,6H2,1H3,(H,17,18). The van der Waals surface area contributed by atoms with Crippen LogP contribution < -0.4 is 4.90 Å². The maximum absolute atomic E-state index is 12.9. The monoisotopic (exact) mass is 313 g/mol. The molecule has 1 aliphatic carbocycles. The first-order valence-electron chi connectivity index (χ1n) is 7.34. The lowest BCUT2D eigenvalue weighted by molar-refractivity contribution is -0.124. The summed E-state index contributed by atoms with van der Waals surface area (Å²) in [7, 11) is 0. The number of fused-ring (bicyclic) bond motifs is 1. The van der Waals surface area contributed by atoms with Crippen LogP contribution >= 0.6 is 0 Å². The van der Waals surface area contributed by atoms with Crippen molar-refractivity contribution in [3.8, 4) is 0 Å². The number of carbonyl (C=O) groups is 4. The fraction of sp³-hybridized carbons (Fsp3) is 0.312. The summed E-state index contributed by atoms with van der Waals surface area (Å²) in [6.07, 6.45) is 9.06. The Balaban J connectivity index is 2.09. The molecule has 0 radical (unpaired) electrons. The molecule has 0 spiro atoms. The molecule has 7 nitrogen and oxygen atoms in total. The second kappa shape index (κ2) is 5.42. The maximum Gasteiger partial charge on any atom is 0.247 e. The Kier molecular flexibility index (Phi) is 3.55. The van der Waals surface area contributed by atoms with E-state index in [1.807, 2.05) is 6.92 Å². The van der Waals surface area contributed by atoms with E-state index in [2.05, 4.69) is 9.97 Å². The smallest absolute Gasteiger partial charge is 0.247 e. The van der Waals surface area contributed by atoms with Crippen molar-refractivity contribution in [2.75, 3.05) is 4.90 Å². The second-order valence-corrected chi connectivity index (χ2v) is 5.59. The first-order valence-corrected chi connectivity index (χ1v) is 7.34. The highest BCUT2D eigenvalue weighted by molar-refractivity contribution is 6.24. The van der Waals surface area contributed by atoms with E-state index in [0.717, 1.165) is 11.3 Å². The van der Waals surface area contributed by atoms with Crippen molar-refractivity contribution < 1.29 is 19.2 Å². The van der Waals surface area contributed by atoms with Crippen molar-refractivity contribution in [1.29, 1.82) is 0 Å². The Labute approximate surface area is 132 Å². The molecule has 1 saturated heterocycles. The van der Waals surface area contributed by atoms with Crippen molar-refractivity contribution in [3.63, 3.8) is 0 Å². The summed E-state index contributed by atoms with van der Waals surface area (Å²) >= 11 is 0. The number of hydrogen-bond donors (Lipinski definition) is 1. The summed E-state index contributed by atoms with van der Waals surface area (Å²) in [4.78, 5) is 55.0. The van der Waals surface area contributed by atoms with E-state index in [4.69, 9.17) is 0 Å². The normalized spacial score (nSPS) is 25.8. The van der Waals surface area contributed by atoms with E-state index < -0.39 is 23.1 Å². The molecule has 2 unspecified atom stereocenters. The predicted molar refractivity (Wildman–Crippen MR) is 81.0 cm³/mol. The van der Waals surface area contributed by atoms with Crippen molar-refractivity contribution in [2.45, 2.75) is 19.8 Å². The number of H-pyrrole nitrogens is 1. The van der Waals surface area contributed by atoms with Gasteiger partial charge in [-0.3, -0.25) is 19.2 Å². The molecule has 0 saturated carbocycles. The molecule has 1 fully saturated rings. The Morgan fingerprint density at radius 1 is 1.30 bits per heavy atom. The number of nitrogens with zero attached hydrogens (tertiary/aromatic N) is 2. The molecule has 1 aromatic heterocycles. The molecular weight excluding hydrogens is 298 g/mol. The lowest BCUT2D eigenvalue weighted by atomic mass is 9.71. The molecule has 2 atom stereocenters. The SMILES string of the molecule is CCCC12C=CC=CC1C(=O)N(c1nc(C=O)c(C=O)[nH]1)C2=O. The largest absolute Gasteiger partial charge is 0.320 e. The highest BCUT2D eigenvalue weighted by atomic mass is 16.2. The molecule has 0 bridgehead atoms. The first-order chi connectivity index (χ1) is 11.1. The van der Waals surface area contributed by atoms with Gasteiger partial charge >= 0.3 is 0 Å². The maximum atomic E-state index is 12.9. The highest BCUT2D eigenvalue weighted by Gasteiger charge is 2.58. The molecule has 2 amide bonds. The van der Waals surface area contributed by atoms with Gasteiger partial charge in [-0.2, -0.15) is 0 Å². The topological polar surface area (TPSA) is 100 Å². The van der Waals surface area contributed by atoms with Gasteiger partial charge in [-0.05, 0) is 6.42 Å². The van der Waals surface area contributed by atoms with Gasteiger partial charge in [0.25, 0.3) is 0 Å². The van der Waals surface area contributed by atoms with Gasteiger partial charge in [0, 0.05) is 0 Å². The Hall–Kier alpha value is -2.83. The minimum Gasteiger partial charge on any atom is -0.320 e. The second-order valence-electron chi connectivity index (χ2n) is 5.59. The number of carbonyl (C=O) groups excluding carboxylic acids is 4. The van der Waals surface area contributed by atoms with Gasteiger partial charge < -0.3 is 4.98 Å². The van der Waals surface area contributed by atoms with Gasteiger partial charge in [0.05, 0.1) is 11.3 Å². The number of imide groups is 1. The lowest BCUT2D eigenvalue weighted by Crippen LogP contribution is -2.36. The molecule has 1 aliphatic heterocycles. The van der Waals surface area contributed by atoms with Gasteiger partial charge in [0.1, 0.15) is 11.4 Å². The zero-order valence-electron chi connectivity index (χ0n) is 12.5. The number of imidazole rings is 1. The fourth-order valence-corrected chi connectivity index (χ4v) is 3.26. The first kappa shape index (κ1) is 15.1. The van der Waals surface area contributed by atoms with Crippen LogP contribution in [0.5, 0.6) is 0 Å². The zero-order valence-corrected chi connectivity index (χ0v) is 12.5. The Morgan fingerprint density at radius 2 is 2.09 bits per heavy atom. The number of aldehydes is 2. The van der Waals surface area contributed by atoms with Crippen LogP contribution in [0.1, 0.15) is 40.7 Å².